The van der Waals surface area contributed by atoms with Gasteiger partial charge in [0, 0.05) is 36.7 Å². The number of methoxy groups -OCH3 is 2. The van der Waals surface area contributed by atoms with Crippen molar-refractivity contribution in [2.75, 3.05) is 46.2 Å². The van der Waals surface area contributed by atoms with Crippen LogP contribution in [0.2, 0.25) is 0 Å². The number of thioether (sulfide) groups is 1. The van der Waals surface area contributed by atoms with Gasteiger partial charge in [-0.2, -0.15) is 11.8 Å². The third-order valence-corrected chi connectivity index (χ3v) is 5.77. The van der Waals surface area contributed by atoms with Crippen LogP contribution in [-0.2, 0) is 0 Å². The van der Waals surface area contributed by atoms with Gasteiger partial charge in [-0.3, -0.25) is 4.99 Å². The van der Waals surface area contributed by atoms with Crippen LogP contribution in [0.5, 0.6) is 11.5 Å². The van der Waals surface area contributed by atoms with Crippen LogP contribution in [0.3, 0.4) is 0 Å². The van der Waals surface area contributed by atoms with Gasteiger partial charge in [-0.05, 0) is 31.0 Å². The number of nitrogens with one attached hydrogen (secondary N) is 1. The number of guanidine groups is 1. The highest BCUT2D eigenvalue weighted by Crippen LogP contribution is 2.27. The summed E-state index contributed by atoms with van der Waals surface area (Å²) in [7, 11) is 3.20. The van der Waals surface area contributed by atoms with Crippen LogP contribution in [0.1, 0.15) is 31.9 Å². The minimum atomic E-state index is -0.714. The summed E-state index contributed by atoms with van der Waals surface area (Å²) in [6.45, 7) is 7.37. The van der Waals surface area contributed by atoms with Gasteiger partial charge in [-0.1, -0.05) is 6.92 Å². The maximum absolute atomic E-state index is 10.6. The van der Waals surface area contributed by atoms with Gasteiger partial charge in [0.1, 0.15) is 11.5 Å². The number of nitrogens with zero attached hydrogens (tertiary/aromatic N) is 2. The number of aliphatic hydroxyl groups is 1. The Morgan fingerprint density at radius 3 is 2.58 bits per heavy atom. The van der Waals surface area contributed by atoms with Crippen molar-refractivity contribution in [3.8, 4) is 11.5 Å². The van der Waals surface area contributed by atoms with Crippen molar-refractivity contribution in [2.45, 2.75) is 31.6 Å². The highest BCUT2D eigenvalue weighted by Gasteiger charge is 2.22. The first-order chi connectivity index (χ1) is 12.6. The molecule has 1 aliphatic rings. The maximum atomic E-state index is 10.6. The average Bonchev–Trinajstić information content (AvgIpc) is 2.70. The molecule has 1 heterocycles. The Morgan fingerprint density at radius 1 is 1.31 bits per heavy atom. The number of hydrogen-bond acceptors (Lipinski definition) is 5. The standard InChI is InChI=1S/C19H31N3O3S/c1-5-17-13-22(7-8-26-17)19(20-6-2)21-12-18(23)14-9-15(24-3)11-16(10-14)25-4/h9-11,17-18,23H,5-8,12-13H2,1-4H3,(H,20,21). The summed E-state index contributed by atoms with van der Waals surface area (Å²) in [5.41, 5.74) is 0.737. The van der Waals surface area contributed by atoms with Crippen LogP contribution in [0.4, 0.5) is 0 Å². The van der Waals surface area contributed by atoms with Gasteiger partial charge < -0.3 is 24.8 Å². The molecule has 146 valence electrons. The molecule has 7 heteroatoms. The zero-order valence-corrected chi connectivity index (χ0v) is 17.0. The monoisotopic (exact) mass is 381 g/mol. The second-order valence-electron chi connectivity index (χ2n) is 6.20. The second-order valence-corrected chi connectivity index (χ2v) is 7.61. The Balaban J connectivity index is 2.10. The molecule has 0 spiro atoms. The lowest BCUT2D eigenvalue weighted by atomic mass is 10.1. The lowest BCUT2D eigenvalue weighted by Gasteiger charge is -2.34. The van der Waals surface area contributed by atoms with Crippen LogP contribution < -0.4 is 14.8 Å². The first-order valence-corrected chi connectivity index (χ1v) is 10.2. The Labute approximate surface area is 161 Å². The molecule has 0 amide bonds. The molecule has 1 saturated heterocycles. The fraction of sp³-hybridized carbons (Fsp3) is 0.632. The fourth-order valence-electron chi connectivity index (χ4n) is 2.88. The van der Waals surface area contributed by atoms with Crippen molar-refractivity contribution < 1.29 is 14.6 Å². The number of rotatable bonds is 7. The molecule has 0 radical (unpaired) electrons. The third kappa shape index (κ3) is 5.71. The molecule has 1 aromatic rings. The van der Waals surface area contributed by atoms with Crippen LogP contribution in [-0.4, -0.2) is 67.4 Å². The minimum Gasteiger partial charge on any atom is -0.497 e. The molecule has 0 bridgehead atoms. The van der Waals surface area contributed by atoms with Crippen LogP contribution >= 0.6 is 11.8 Å². The van der Waals surface area contributed by atoms with Gasteiger partial charge in [0.2, 0.25) is 0 Å². The molecular formula is C19H31N3O3S. The van der Waals surface area contributed by atoms with E-state index in [9.17, 15) is 5.11 Å². The van der Waals surface area contributed by atoms with E-state index < -0.39 is 6.10 Å². The molecule has 1 aromatic carbocycles. The normalized spacial score (nSPS) is 19.2. The zero-order valence-electron chi connectivity index (χ0n) is 16.2. The zero-order chi connectivity index (χ0) is 18.9. The van der Waals surface area contributed by atoms with Gasteiger partial charge >= 0.3 is 0 Å². The summed E-state index contributed by atoms with van der Waals surface area (Å²) in [5, 5.41) is 14.6. The minimum absolute atomic E-state index is 0.291. The largest absolute Gasteiger partial charge is 0.497 e. The number of benzene rings is 1. The average molecular weight is 382 g/mol. The van der Waals surface area contributed by atoms with Crippen LogP contribution in [0.15, 0.2) is 23.2 Å². The SMILES string of the molecule is CCNC(=NCC(O)c1cc(OC)cc(OC)c1)N1CCSC(CC)C1. The molecule has 0 saturated carbocycles. The molecule has 1 fully saturated rings. The molecule has 2 rings (SSSR count). The summed E-state index contributed by atoms with van der Waals surface area (Å²) in [6.07, 6.45) is 0.445. The van der Waals surface area contributed by atoms with E-state index in [4.69, 9.17) is 9.47 Å². The molecule has 2 N–H and O–H groups in total. The predicted molar refractivity (Wildman–Crippen MR) is 109 cm³/mol. The number of aliphatic imine (C=N–C) groups is 1. The van der Waals surface area contributed by atoms with Gasteiger partial charge in [-0.25, -0.2) is 0 Å². The Morgan fingerprint density at radius 2 is 2.00 bits per heavy atom. The molecule has 0 aliphatic carbocycles. The first kappa shape index (κ1) is 20.7. The van der Waals surface area contributed by atoms with Crippen molar-refractivity contribution in [2.24, 2.45) is 4.99 Å². The van der Waals surface area contributed by atoms with E-state index in [2.05, 4.69) is 29.1 Å². The molecule has 2 unspecified atom stereocenters. The van der Waals surface area contributed by atoms with Crippen molar-refractivity contribution in [1.29, 1.82) is 0 Å². The van der Waals surface area contributed by atoms with Crippen LogP contribution in [0, 0.1) is 0 Å². The molecule has 6 nitrogen and oxygen atoms in total. The van der Waals surface area contributed by atoms with Gasteiger partial charge in [0.05, 0.1) is 26.9 Å². The van der Waals surface area contributed by atoms with Crippen molar-refractivity contribution in [3.05, 3.63) is 23.8 Å². The lowest BCUT2D eigenvalue weighted by Crippen LogP contribution is -2.48. The van der Waals surface area contributed by atoms with E-state index in [1.165, 1.54) is 0 Å². The van der Waals surface area contributed by atoms with E-state index in [0.717, 1.165) is 43.3 Å². The summed E-state index contributed by atoms with van der Waals surface area (Å²) < 4.78 is 10.6. The lowest BCUT2D eigenvalue weighted by molar-refractivity contribution is 0.185. The van der Waals surface area contributed by atoms with E-state index in [0.29, 0.717) is 23.3 Å². The first-order valence-electron chi connectivity index (χ1n) is 9.17. The summed E-state index contributed by atoms with van der Waals surface area (Å²) >= 11 is 2.03. The summed E-state index contributed by atoms with van der Waals surface area (Å²) in [4.78, 5) is 6.98. The van der Waals surface area contributed by atoms with Crippen molar-refractivity contribution in [3.63, 3.8) is 0 Å². The van der Waals surface area contributed by atoms with E-state index in [1.807, 2.05) is 23.9 Å². The third-order valence-electron chi connectivity index (χ3n) is 4.40. The van der Waals surface area contributed by atoms with Gasteiger partial charge in [0.15, 0.2) is 5.96 Å². The maximum Gasteiger partial charge on any atom is 0.194 e. The molecule has 1 aliphatic heterocycles. The van der Waals surface area contributed by atoms with E-state index in [1.54, 1.807) is 20.3 Å². The molecule has 26 heavy (non-hydrogen) atoms. The Kier molecular flexibility index (Phi) is 8.38. The van der Waals surface area contributed by atoms with E-state index >= 15 is 0 Å². The smallest absolute Gasteiger partial charge is 0.194 e. The molecular weight excluding hydrogens is 350 g/mol. The number of aliphatic hydroxyl groups excluding tert-OH is 1. The summed E-state index contributed by atoms with van der Waals surface area (Å²) in [5.74, 6) is 3.31. The number of hydrogen-bond donors (Lipinski definition) is 2. The highest BCUT2D eigenvalue weighted by atomic mass is 32.2. The molecule has 0 aromatic heterocycles. The predicted octanol–water partition coefficient (Wildman–Crippen LogP) is 2.53. The Hall–Kier alpha value is -1.60. The van der Waals surface area contributed by atoms with Gasteiger partial charge in [0.25, 0.3) is 0 Å². The van der Waals surface area contributed by atoms with E-state index in [-0.39, 0.29) is 0 Å². The van der Waals surface area contributed by atoms with Gasteiger partial charge in [-0.15, -0.1) is 0 Å². The highest BCUT2D eigenvalue weighted by molar-refractivity contribution is 8.00. The molecule has 2 atom stereocenters. The summed E-state index contributed by atoms with van der Waals surface area (Å²) in [6, 6.07) is 5.43. The van der Waals surface area contributed by atoms with Crippen LogP contribution in [0.25, 0.3) is 0 Å². The number of ether oxygens (including phenoxy) is 2. The van der Waals surface area contributed by atoms with Crippen molar-refractivity contribution >= 4 is 17.7 Å². The Bertz CT molecular complexity index is 575. The van der Waals surface area contributed by atoms with Crippen molar-refractivity contribution in [1.82, 2.24) is 10.2 Å². The quantitative estimate of drug-likeness (QED) is 0.559. The fourth-order valence-corrected chi connectivity index (χ4v) is 4.06. The topological polar surface area (TPSA) is 66.3 Å². The second kappa shape index (κ2) is 10.5.